The molecular weight excluding hydrogens is 256 g/mol. The number of hydrogen-bond donors (Lipinski definition) is 1. The molecule has 0 spiro atoms. The normalized spacial score (nSPS) is 22.4. The summed E-state index contributed by atoms with van der Waals surface area (Å²) in [6, 6.07) is 12.0. The van der Waals surface area contributed by atoms with Crippen LogP contribution in [0.5, 0.6) is 0 Å². The van der Waals surface area contributed by atoms with Gasteiger partial charge in [-0.1, -0.05) is 38.1 Å². The van der Waals surface area contributed by atoms with Crippen LogP contribution in [-0.4, -0.2) is 14.6 Å². The van der Waals surface area contributed by atoms with Crippen LogP contribution in [0.4, 0.5) is 0 Å². The largest absolute Gasteiger partial charge is 0.511 e. The summed E-state index contributed by atoms with van der Waals surface area (Å²) in [7, 11) is -1.19. The van der Waals surface area contributed by atoms with Crippen LogP contribution in [0.25, 0.3) is 16.8 Å². The minimum Gasteiger partial charge on any atom is -0.511 e. The van der Waals surface area contributed by atoms with Crippen molar-refractivity contribution in [3.8, 4) is 0 Å². The van der Waals surface area contributed by atoms with Gasteiger partial charge in [0.15, 0.2) is 0 Å². The quantitative estimate of drug-likeness (QED) is 0.855. The second-order valence-electron chi connectivity index (χ2n) is 5.27. The van der Waals surface area contributed by atoms with Crippen molar-refractivity contribution in [3.05, 3.63) is 47.7 Å². The number of benzene rings is 2. The Morgan fingerprint density at radius 3 is 2.42 bits per heavy atom. The second-order valence-corrected chi connectivity index (χ2v) is 6.81. The van der Waals surface area contributed by atoms with Crippen molar-refractivity contribution < 1.29 is 9.32 Å². The summed E-state index contributed by atoms with van der Waals surface area (Å²) in [5.74, 6) is 0.382. The van der Waals surface area contributed by atoms with Gasteiger partial charge in [-0.2, -0.15) is 0 Å². The number of hydrogen-bond acceptors (Lipinski definition) is 2. The first-order chi connectivity index (χ1) is 9.08. The third-order valence-electron chi connectivity index (χ3n) is 3.53. The van der Waals surface area contributed by atoms with E-state index in [4.69, 9.17) is 0 Å². The van der Waals surface area contributed by atoms with Gasteiger partial charge >= 0.3 is 0 Å². The Morgan fingerprint density at radius 2 is 1.79 bits per heavy atom. The zero-order chi connectivity index (χ0) is 13.6. The zero-order valence-corrected chi connectivity index (χ0v) is 11.8. The van der Waals surface area contributed by atoms with Gasteiger partial charge in [0.1, 0.15) is 5.76 Å². The Kier molecular flexibility index (Phi) is 2.94. The van der Waals surface area contributed by atoms with Crippen LogP contribution >= 0.6 is 0 Å². The van der Waals surface area contributed by atoms with Crippen LogP contribution in [0.1, 0.15) is 19.4 Å². The van der Waals surface area contributed by atoms with E-state index in [1.54, 1.807) is 6.08 Å². The molecule has 19 heavy (non-hydrogen) atoms. The van der Waals surface area contributed by atoms with Gasteiger partial charge in [0.25, 0.3) is 0 Å². The van der Waals surface area contributed by atoms with Gasteiger partial charge in [0.2, 0.25) is 0 Å². The summed E-state index contributed by atoms with van der Waals surface area (Å²) in [6.07, 6.45) is 1.76. The van der Waals surface area contributed by atoms with Gasteiger partial charge in [-0.05, 0) is 40.5 Å². The maximum atomic E-state index is 12.6. The van der Waals surface area contributed by atoms with Crippen molar-refractivity contribution in [2.45, 2.75) is 24.0 Å². The first kappa shape index (κ1) is 12.4. The van der Waals surface area contributed by atoms with Gasteiger partial charge in [-0.3, -0.25) is 4.21 Å². The highest BCUT2D eigenvalue weighted by Gasteiger charge is 2.31. The topological polar surface area (TPSA) is 37.3 Å². The van der Waals surface area contributed by atoms with E-state index in [0.29, 0.717) is 0 Å². The van der Waals surface area contributed by atoms with E-state index >= 15 is 0 Å². The minimum atomic E-state index is -1.19. The van der Waals surface area contributed by atoms with Gasteiger partial charge in [-0.25, -0.2) is 0 Å². The smallest absolute Gasteiger partial charge is 0.109 e. The molecule has 0 aromatic heterocycles. The van der Waals surface area contributed by atoms with E-state index in [9.17, 15) is 9.32 Å². The van der Waals surface area contributed by atoms with E-state index in [2.05, 4.69) is 0 Å². The van der Waals surface area contributed by atoms with E-state index in [0.717, 1.165) is 21.2 Å². The number of aliphatic hydroxyl groups excluding tert-OH is 1. The standard InChI is InChI=1S/C16H16O2S/c1-10(2)16-14(17)8-13-7-11-5-3-4-6-12(11)9-15(13)19(16)18/h3-10,16-17H,1-2H3. The van der Waals surface area contributed by atoms with Gasteiger partial charge in [0.05, 0.1) is 16.0 Å². The Balaban J connectivity index is 2.25. The van der Waals surface area contributed by atoms with E-state index in [1.807, 2.05) is 50.2 Å². The molecule has 0 amide bonds. The Labute approximate surface area is 115 Å². The third-order valence-corrected chi connectivity index (χ3v) is 5.56. The number of rotatable bonds is 1. The maximum Gasteiger partial charge on any atom is 0.109 e. The van der Waals surface area contributed by atoms with Crippen molar-refractivity contribution in [3.63, 3.8) is 0 Å². The molecule has 3 rings (SSSR count). The molecule has 1 N–H and O–H groups in total. The van der Waals surface area contributed by atoms with E-state index in [-0.39, 0.29) is 16.9 Å². The first-order valence-corrected chi connectivity index (χ1v) is 7.63. The van der Waals surface area contributed by atoms with Crippen LogP contribution in [0, 0.1) is 5.92 Å². The second kappa shape index (κ2) is 4.49. The molecule has 1 aliphatic rings. The van der Waals surface area contributed by atoms with Crippen LogP contribution in [0.2, 0.25) is 0 Å². The van der Waals surface area contributed by atoms with Crippen LogP contribution in [-0.2, 0) is 10.8 Å². The van der Waals surface area contributed by atoms with Crippen molar-refractivity contribution >= 4 is 27.6 Å². The number of aliphatic hydroxyl groups is 1. The average molecular weight is 272 g/mol. The minimum absolute atomic E-state index is 0.150. The summed E-state index contributed by atoms with van der Waals surface area (Å²) in [4.78, 5) is 0.829. The van der Waals surface area contributed by atoms with Crippen molar-refractivity contribution in [1.29, 1.82) is 0 Å². The molecule has 2 aromatic rings. The van der Waals surface area contributed by atoms with Crippen molar-refractivity contribution in [2.75, 3.05) is 0 Å². The molecule has 1 heterocycles. The van der Waals surface area contributed by atoms with Crippen LogP contribution in [0.3, 0.4) is 0 Å². The predicted octanol–water partition coefficient (Wildman–Crippen LogP) is 3.88. The van der Waals surface area contributed by atoms with Gasteiger partial charge in [-0.15, -0.1) is 0 Å². The van der Waals surface area contributed by atoms with Crippen LogP contribution in [0.15, 0.2) is 47.1 Å². The highest BCUT2D eigenvalue weighted by molar-refractivity contribution is 7.86. The molecule has 2 aromatic carbocycles. The summed E-state index contributed by atoms with van der Waals surface area (Å²) in [5.41, 5.74) is 0.867. The fourth-order valence-electron chi connectivity index (χ4n) is 2.60. The summed E-state index contributed by atoms with van der Waals surface area (Å²) >= 11 is 0. The monoisotopic (exact) mass is 272 g/mol. The lowest BCUT2D eigenvalue weighted by Crippen LogP contribution is -2.27. The molecule has 2 atom stereocenters. The van der Waals surface area contributed by atoms with Crippen molar-refractivity contribution in [2.24, 2.45) is 5.92 Å². The van der Waals surface area contributed by atoms with Gasteiger partial charge < -0.3 is 5.11 Å². The first-order valence-electron chi connectivity index (χ1n) is 6.42. The lowest BCUT2D eigenvalue weighted by Gasteiger charge is -2.25. The SMILES string of the molecule is CC(C)C1C(O)=Cc2cc3ccccc3cc2S1=O. The molecule has 2 unspecified atom stereocenters. The highest BCUT2D eigenvalue weighted by Crippen LogP contribution is 2.34. The third kappa shape index (κ3) is 1.98. The molecule has 2 nitrogen and oxygen atoms in total. The summed E-state index contributed by atoms with van der Waals surface area (Å²) in [5, 5.41) is 12.0. The highest BCUT2D eigenvalue weighted by atomic mass is 32.2. The van der Waals surface area contributed by atoms with E-state index < -0.39 is 10.8 Å². The van der Waals surface area contributed by atoms with Crippen molar-refractivity contribution in [1.82, 2.24) is 0 Å². The fraction of sp³-hybridized carbons (Fsp3) is 0.250. The molecule has 0 radical (unpaired) electrons. The fourth-order valence-corrected chi connectivity index (χ4v) is 4.25. The molecular formula is C16H16O2S. The molecule has 98 valence electrons. The molecule has 0 fully saturated rings. The Hall–Kier alpha value is -1.61. The summed E-state index contributed by atoms with van der Waals surface area (Å²) < 4.78 is 12.6. The van der Waals surface area contributed by atoms with E-state index in [1.165, 1.54) is 0 Å². The summed E-state index contributed by atoms with van der Waals surface area (Å²) in [6.45, 7) is 3.97. The number of fused-ring (bicyclic) bond motifs is 2. The van der Waals surface area contributed by atoms with Crippen LogP contribution < -0.4 is 0 Å². The lowest BCUT2D eigenvalue weighted by atomic mass is 10.0. The molecule has 1 aliphatic heterocycles. The molecule has 0 saturated heterocycles. The molecule has 0 bridgehead atoms. The Morgan fingerprint density at radius 1 is 1.16 bits per heavy atom. The van der Waals surface area contributed by atoms with Gasteiger partial charge in [0, 0.05) is 4.90 Å². The Bertz CT molecular complexity index is 701. The average Bonchev–Trinajstić information content (AvgIpc) is 2.36. The molecule has 0 saturated carbocycles. The maximum absolute atomic E-state index is 12.6. The zero-order valence-electron chi connectivity index (χ0n) is 11.0. The lowest BCUT2D eigenvalue weighted by molar-refractivity contribution is 0.372. The molecule has 3 heteroatoms. The predicted molar refractivity (Wildman–Crippen MR) is 79.6 cm³/mol. The molecule has 0 aliphatic carbocycles.